The molecular formula is C23H34O6. The topological polar surface area (TPSA) is 109 Å². The number of Topliss-reactive ketones (excluding diaryl/α,β-unsaturated/α-hetero) is 2. The van der Waals surface area contributed by atoms with E-state index in [-0.39, 0.29) is 18.0 Å². The molecule has 1 rings (SSSR count). The van der Waals surface area contributed by atoms with E-state index in [9.17, 15) is 19.2 Å². The summed E-state index contributed by atoms with van der Waals surface area (Å²) in [6.45, 7) is 5.75. The maximum Gasteiger partial charge on any atom is 0.314 e. The molecule has 1 aromatic rings. The van der Waals surface area contributed by atoms with E-state index in [4.69, 9.17) is 10.2 Å². The predicted molar refractivity (Wildman–Crippen MR) is 112 cm³/mol. The molecule has 6 heteroatoms. The zero-order valence-electron chi connectivity index (χ0n) is 17.7. The first-order valence-electron chi connectivity index (χ1n) is 10.3. The van der Waals surface area contributed by atoms with Crippen LogP contribution >= 0.6 is 0 Å². The van der Waals surface area contributed by atoms with E-state index in [1.165, 1.54) is 0 Å². The van der Waals surface area contributed by atoms with Gasteiger partial charge in [-0.1, -0.05) is 63.9 Å². The fraction of sp³-hybridized carbons (Fsp3) is 0.565. The molecule has 0 bridgehead atoms. The average Bonchev–Trinajstić information content (AvgIpc) is 2.67. The highest BCUT2D eigenvalue weighted by atomic mass is 16.4. The van der Waals surface area contributed by atoms with Gasteiger partial charge in [-0.15, -0.1) is 0 Å². The molecule has 162 valence electrons. The number of hydrogen-bond donors (Lipinski definition) is 2. The molecule has 0 heterocycles. The van der Waals surface area contributed by atoms with E-state index in [1.54, 1.807) is 0 Å². The van der Waals surface area contributed by atoms with Crippen LogP contribution in [0.25, 0.3) is 0 Å². The lowest BCUT2D eigenvalue weighted by molar-refractivity contribution is -0.148. The van der Waals surface area contributed by atoms with Gasteiger partial charge in [0.15, 0.2) is 0 Å². The van der Waals surface area contributed by atoms with Crippen molar-refractivity contribution in [3.05, 3.63) is 35.9 Å². The van der Waals surface area contributed by atoms with Gasteiger partial charge in [-0.25, -0.2) is 0 Å². The second kappa shape index (κ2) is 15.4. The number of carbonyl (C=O) groups is 4. The summed E-state index contributed by atoms with van der Waals surface area (Å²) in [6.07, 6.45) is 4.67. The van der Waals surface area contributed by atoms with Gasteiger partial charge in [0.25, 0.3) is 0 Å². The Balaban J connectivity index is 0.000000555. The summed E-state index contributed by atoms with van der Waals surface area (Å²) in [4.78, 5) is 44.6. The second-order valence-corrected chi connectivity index (χ2v) is 7.05. The Bertz CT molecular complexity index is 638. The SMILES string of the molecule is CCCC(=O)C(Cc1ccccc1)C(=O)O.CCCCC(C(=O)O)C(=O)CCC. The molecule has 1 aromatic carbocycles. The first kappa shape index (κ1) is 26.5. The van der Waals surface area contributed by atoms with E-state index >= 15 is 0 Å². The Hall–Kier alpha value is -2.50. The number of benzene rings is 1. The van der Waals surface area contributed by atoms with Gasteiger partial charge in [0, 0.05) is 12.8 Å². The number of unbranched alkanes of at least 4 members (excludes halogenated alkanes) is 1. The minimum absolute atomic E-state index is 0.122. The lowest BCUT2D eigenvalue weighted by Crippen LogP contribution is -2.25. The van der Waals surface area contributed by atoms with E-state index in [2.05, 4.69) is 0 Å². The van der Waals surface area contributed by atoms with Crippen LogP contribution in [0.5, 0.6) is 0 Å². The second-order valence-electron chi connectivity index (χ2n) is 7.05. The lowest BCUT2D eigenvalue weighted by atomic mass is 9.93. The third-order valence-electron chi connectivity index (χ3n) is 4.50. The number of carbonyl (C=O) groups excluding carboxylic acids is 2. The Kier molecular flexibility index (Phi) is 14.1. The Labute approximate surface area is 173 Å². The Morgan fingerprint density at radius 2 is 1.24 bits per heavy atom. The van der Waals surface area contributed by atoms with Crippen LogP contribution in [0.4, 0.5) is 0 Å². The normalized spacial score (nSPS) is 12.2. The summed E-state index contributed by atoms with van der Waals surface area (Å²) >= 11 is 0. The Morgan fingerprint density at radius 1 is 0.759 bits per heavy atom. The van der Waals surface area contributed by atoms with E-state index in [0.29, 0.717) is 25.7 Å². The molecule has 29 heavy (non-hydrogen) atoms. The number of ketones is 2. The fourth-order valence-electron chi connectivity index (χ4n) is 2.86. The van der Waals surface area contributed by atoms with Crippen LogP contribution in [-0.4, -0.2) is 33.7 Å². The van der Waals surface area contributed by atoms with Crippen LogP contribution in [0.3, 0.4) is 0 Å². The first-order chi connectivity index (χ1) is 13.8. The summed E-state index contributed by atoms with van der Waals surface area (Å²) < 4.78 is 0. The van der Waals surface area contributed by atoms with Crippen molar-refractivity contribution in [2.75, 3.05) is 0 Å². The molecule has 0 saturated carbocycles. The smallest absolute Gasteiger partial charge is 0.314 e. The summed E-state index contributed by atoms with van der Waals surface area (Å²) in [6, 6.07) is 9.24. The lowest BCUT2D eigenvalue weighted by Gasteiger charge is -2.10. The van der Waals surface area contributed by atoms with E-state index < -0.39 is 23.8 Å². The molecule has 2 N–H and O–H groups in total. The van der Waals surface area contributed by atoms with Crippen LogP contribution in [0.15, 0.2) is 30.3 Å². The number of rotatable bonds is 13. The van der Waals surface area contributed by atoms with Gasteiger partial charge in [-0.3, -0.25) is 19.2 Å². The zero-order valence-corrected chi connectivity index (χ0v) is 17.7. The minimum atomic E-state index is -1.03. The summed E-state index contributed by atoms with van der Waals surface area (Å²) in [5.74, 6) is -3.96. The van der Waals surface area contributed by atoms with Crippen LogP contribution in [0, 0.1) is 11.8 Å². The van der Waals surface area contributed by atoms with Crippen LogP contribution < -0.4 is 0 Å². The Morgan fingerprint density at radius 3 is 1.66 bits per heavy atom. The number of carboxylic acids is 2. The predicted octanol–water partition coefficient (Wildman–Crippen LogP) is 4.55. The average molecular weight is 407 g/mol. The van der Waals surface area contributed by atoms with Gasteiger partial charge in [-0.05, 0) is 31.2 Å². The molecular weight excluding hydrogens is 372 g/mol. The van der Waals surface area contributed by atoms with Crippen LogP contribution in [0.2, 0.25) is 0 Å². The molecule has 0 aliphatic carbocycles. The highest BCUT2D eigenvalue weighted by molar-refractivity contribution is 5.98. The third-order valence-corrected chi connectivity index (χ3v) is 4.50. The molecule has 2 atom stereocenters. The van der Waals surface area contributed by atoms with Gasteiger partial charge in [0.2, 0.25) is 0 Å². The van der Waals surface area contributed by atoms with Gasteiger partial charge < -0.3 is 10.2 Å². The fourth-order valence-corrected chi connectivity index (χ4v) is 2.86. The summed E-state index contributed by atoms with van der Waals surface area (Å²) in [5.41, 5.74) is 0.888. The van der Waals surface area contributed by atoms with Crippen molar-refractivity contribution in [2.45, 2.75) is 72.1 Å². The molecule has 0 saturated heterocycles. The largest absolute Gasteiger partial charge is 0.481 e. The van der Waals surface area contributed by atoms with Crippen LogP contribution in [-0.2, 0) is 25.6 Å². The van der Waals surface area contributed by atoms with Crippen molar-refractivity contribution in [3.8, 4) is 0 Å². The molecule has 0 aliphatic heterocycles. The van der Waals surface area contributed by atoms with Crippen LogP contribution in [0.1, 0.15) is 71.3 Å². The highest BCUT2D eigenvalue weighted by Crippen LogP contribution is 2.13. The van der Waals surface area contributed by atoms with Crippen molar-refractivity contribution < 1.29 is 29.4 Å². The summed E-state index contributed by atoms with van der Waals surface area (Å²) in [5, 5.41) is 17.8. The zero-order chi connectivity index (χ0) is 22.2. The first-order valence-corrected chi connectivity index (χ1v) is 10.3. The molecule has 0 aliphatic rings. The number of aliphatic carboxylic acids is 2. The van der Waals surface area contributed by atoms with Crippen molar-refractivity contribution in [1.29, 1.82) is 0 Å². The number of hydrogen-bond acceptors (Lipinski definition) is 4. The maximum atomic E-state index is 11.6. The van der Waals surface area contributed by atoms with Gasteiger partial charge in [0.05, 0.1) is 0 Å². The van der Waals surface area contributed by atoms with Crippen molar-refractivity contribution >= 4 is 23.5 Å². The molecule has 0 amide bonds. The van der Waals surface area contributed by atoms with E-state index in [0.717, 1.165) is 24.8 Å². The molecule has 0 spiro atoms. The minimum Gasteiger partial charge on any atom is -0.481 e. The number of carboxylic acid groups (broad SMARTS) is 2. The van der Waals surface area contributed by atoms with Gasteiger partial charge in [0.1, 0.15) is 23.4 Å². The maximum absolute atomic E-state index is 11.6. The third kappa shape index (κ3) is 11.2. The van der Waals surface area contributed by atoms with Gasteiger partial charge in [-0.2, -0.15) is 0 Å². The molecule has 6 nitrogen and oxygen atoms in total. The van der Waals surface area contributed by atoms with Gasteiger partial charge >= 0.3 is 11.9 Å². The molecule has 0 radical (unpaired) electrons. The molecule has 0 aromatic heterocycles. The van der Waals surface area contributed by atoms with Crippen molar-refractivity contribution in [2.24, 2.45) is 11.8 Å². The highest BCUT2D eigenvalue weighted by Gasteiger charge is 2.25. The summed E-state index contributed by atoms with van der Waals surface area (Å²) in [7, 11) is 0. The standard InChI is InChI=1S/C13H16O3.C10H18O3/c1-2-6-12(14)11(13(15)16)9-10-7-4-3-5-8-10;1-3-5-7-8(10(12)13)9(11)6-4-2/h3-5,7-8,11H,2,6,9H2,1H3,(H,15,16);8H,3-7H2,1-2H3,(H,12,13). The quantitative estimate of drug-likeness (QED) is 0.465. The molecule has 2 unspecified atom stereocenters. The van der Waals surface area contributed by atoms with Crippen molar-refractivity contribution in [1.82, 2.24) is 0 Å². The monoisotopic (exact) mass is 406 g/mol. The van der Waals surface area contributed by atoms with E-state index in [1.807, 2.05) is 51.1 Å². The van der Waals surface area contributed by atoms with Crippen molar-refractivity contribution in [3.63, 3.8) is 0 Å². The molecule has 0 fully saturated rings.